The number of benzene rings is 1. The highest BCUT2D eigenvalue weighted by Gasteiger charge is 2.41. The lowest BCUT2D eigenvalue weighted by atomic mass is 9.75. The summed E-state index contributed by atoms with van der Waals surface area (Å²) < 4.78 is 51.4. The van der Waals surface area contributed by atoms with E-state index < -0.39 is 17.3 Å². The molecule has 0 atom stereocenters. The molecule has 3 rings (SSSR count). The van der Waals surface area contributed by atoms with E-state index >= 15 is 0 Å². The summed E-state index contributed by atoms with van der Waals surface area (Å²) in [5, 5.41) is 0. The van der Waals surface area contributed by atoms with Gasteiger partial charge in [-0.05, 0) is 30.5 Å². The summed E-state index contributed by atoms with van der Waals surface area (Å²) in [5.41, 5.74) is 4.87. The van der Waals surface area contributed by atoms with Crippen LogP contribution in [0.15, 0.2) is 12.1 Å². The molecule has 1 aliphatic carbocycles. The van der Waals surface area contributed by atoms with Gasteiger partial charge >= 0.3 is 6.18 Å². The summed E-state index contributed by atoms with van der Waals surface area (Å²) in [5.74, 6) is 0.531. The Hall–Kier alpha value is -1.43. The molecule has 1 fully saturated rings. The quantitative estimate of drug-likeness (QED) is 0.852. The molecule has 122 valence electrons. The van der Waals surface area contributed by atoms with Crippen LogP contribution in [0.5, 0.6) is 11.5 Å². The van der Waals surface area contributed by atoms with Crippen LogP contribution in [0.25, 0.3) is 0 Å². The van der Waals surface area contributed by atoms with Crippen LogP contribution in [0.4, 0.5) is 13.2 Å². The highest BCUT2D eigenvalue weighted by Crippen LogP contribution is 2.46. The smallest absolute Gasteiger partial charge is 0.416 e. The number of ether oxygens (including phenoxy) is 2. The van der Waals surface area contributed by atoms with Crippen LogP contribution in [0, 0.1) is 0 Å². The first-order valence-electron chi connectivity index (χ1n) is 7.70. The minimum atomic E-state index is -4.45. The first-order valence-corrected chi connectivity index (χ1v) is 7.70. The predicted molar refractivity (Wildman–Crippen MR) is 76.0 cm³/mol. The van der Waals surface area contributed by atoms with Crippen molar-refractivity contribution in [2.24, 2.45) is 5.73 Å². The largest absolute Gasteiger partial charge is 0.490 e. The second-order valence-corrected chi connectivity index (χ2v) is 6.11. The van der Waals surface area contributed by atoms with Gasteiger partial charge in [0.1, 0.15) is 0 Å². The molecule has 1 saturated carbocycles. The van der Waals surface area contributed by atoms with Gasteiger partial charge in [0.15, 0.2) is 11.5 Å². The molecule has 0 saturated heterocycles. The van der Waals surface area contributed by atoms with Gasteiger partial charge in [0.25, 0.3) is 0 Å². The fraction of sp³-hybridized carbons (Fsp3) is 0.625. The Kier molecular flexibility index (Phi) is 3.97. The Morgan fingerprint density at radius 1 is 0.909 bits per heavy atom. The number of rotatable bonds is 1. The van der Waals surface area contributed by atoms with Gasteiger partial charge in [-0.1, -0.05) is 19.3 Å². The van der Waals surface area contributed by atoms with Crippen LogP contribution < -0.4 is 15.2 Å². The highest BCUT2D eigenvalue weighted by molar-refractivity contribution is 5.51. The van der Waals surface area contributed by atoms with E-state index in [0.717, 1.165) is 25.3 Å². The molecule has 22 heavy (non-hydrogen) atoms. The SMILES string of the molecule is NC1(c2cc3c(cc2C(F)(F)F)OCCCO3)CCCCC1. The van der Waals surface area contributed by atoms with Gasteiger partial charge in [-0.25, -0.2) is 0 Å². The average Bonchev–Trinajstić information content (AvgIpc) is 2.70. The maximum atomic E-state index is 13.5. The molecule has 0 amide bonds. The summed E-state index contributed by atoms with van der Waals surface area (Å²) >= 11 is 0. The lowest BCUT2D eigenvalue weighted by Crippen LogP contribution is -2.40. The van der Waals surface area contributed by atoms with Crippen molar-refractivity contribution < 1.29 is 22.6 Å². The lowest BCUT2D eigenvalue weighted by molar-refractivity contribution is -0.139. The standard InChI is InChI=1S/C16H20F3NO2/c17-16(18,19)12-10-14-13(21-7-4-8-22-14)9-11(12)15(20)5-2-1-3-6-15/h9-10H,1-8,20H2. The van der Waals surface area contributed by atoms with Crippen LogP contribution in [-0.4, -0.2) is 13.2 Å². The topological polar surface area (TPSA) is 44.5 Å². The highest BCUT2D eigenvalue weighted by atomic mass is 19.4. The van der Waals surface area contributed by atoms with Gasteiger partial charge in [-0.15, -0.1) is 0 Å². The summed E-state index contributed by atoms with van der Waals surface area (Å²) in [4.78, 5) is 0. The van der Waals surface area contributed by atoms with Crippen molar-refractivity contribution >= 4 is 0 Å². The van der Waals surface area contributed by atoms with E-state index in [1.807, 2.05) is 0 Å². The Balaban J connectivity index is 2.12. The second-order valence-electron chi connectivity index (χ2n) is 6.11. The Bertz CT molecular complexity index is 551. The number of nitrogens with two attached hydrogens (primary N) is 1. The number of alkyl halides is 3. The molecule has 0 radical (unpaired) electrons. The van der Waals surface area contributed by atoms with Gasteiger partial charge in [-0.3, -0.25) is 0 Å². The average molecular weight is 315 g/mol. The van der Waals surface area contributed by atoms with E-state index in [2.05, 4.69) is 0 Å². The minimum Gasteiger partial charge on any atom is -0.490 e. The number of halogens is 3. The third kappa shape index (κ3) is 2.89. The molecule has 1 heterocycles. The maximum absolute atomic E-state index is 13.5. The fourth-order valence-corrected chi connectivity index (χ4v) is 3.31. The van der Waals surface area contributed by atoms with Crippen LogP contribution >= 0.6 is 0 Å². The van der Waals surface area contributed by atoms with E-state index in [1.54, 1.807) is 0 Å². The summed E-state index contributed by atoms with van der Waals surface area (Å²) in [6.07, 6.45) is 0.0454. The number of fused-ring (bicyclic) bond motifs is 1. The minimum absolute atomic E-state index is 0.143. The fourth-order valence-electron chi connectivity index (χ4n) is 3.31. The summed E-state index contributed by atoms with van der Waals surface area (Å²) in [7, 11) is 0. The van der Waals surface area contributed by atoms with E-state index in [0.29, 0.717) is 38.2 Å². The van der Waals surface area contributed by atoms with E-state index in [4.69, 9.17) is 15.2 Å². The van der Waals surface area contributed by atoms with Crippen LogP contribution in [-0.2, 0) is 11.7 Å². The number of hydrogen-bond acceptors (Lipinski definition) is 3. The number of hydrogen-bond donors (Lipinski definition) is 1. The van der Waals surface area contributed by atoms with Gasteiger partial charge in [0.05, 0.1) is 18.8 Å². The molecule has 1 aromatic carbocycles. The Morgan fingerprint density at radius 3 is 2.09 bits per heavy atom. The molecule has 0 spiro atoms. The third-order valence-corrected chi connectivity index (χ3v) is 4.48. The third-order valence-electron chi connectivity index (χ3n) is 4.48. The monoisotopic (exact) mass is 315 g/mol. The molecular formula is C16H20F3NO2. The van der Waals surface area contributed by atoms with Crippen LogP contribution in [0.3, 0.4) is 0 Å². The van der Waals surface area contributed by atoms with Crippen molar-refractivity contribution in [3.8, 4) is 11.5 Å². The second kappa shape index (κ2) is 5.65. The molecule has 1 aromatic rings. The summed E-state index contributed by atoms with van der Waals surface area (Å²) in [6.45, 7) is 0.798. The molecular weight excluding hydrogens is 295 g/mol. The van der Waals surface area contributed by atoms with Crippen LogP contribution in [0.1, 0.15) is 49.7 Å². The van der Waals surface area contributed by atoms with E-state index in [1.165, 1.54) is 6.07 Å². The first kappa shape index (κ1) is 15.5. The zero-order valence-electron chi connectivity index (χ0n) is 12.3. The molecule has 2 aliphatic rings. The zero-order chi connectivity index (χ0) is 15.8. The van der Waals surface area contributed by atoms with Crippen molar-refractivity contribution in [3.63, 3.8) is 0 Å². The molecule has 1 aliphatic heterocycles. The van der Waals surface area contributed by atoms with E-state index in [9.17, 15) is 13.2 Å². The molecule has 0 unspecified atom stereocenters. The van der Waals surface area contributed by atoms with Crippen molar-refractivity contribution in [2.45, 2.75) is 50.2 Å². The van der Waals surface area contributed by atoms with Crippen molar-refractivity contribution in [2.75, 3.05) is 13.2 Å². The first-order chi connectivity index (χ1) is 10.4. The van der Waals surface area contributed by atoms with Gasteiger partial charge < -0.3 is 15.2 Å². The van der Waals surface area contributed by atoms with Crippen molar-refractivity contribution in [3.05, 3.63) is 23.3 Å². The predicted octanol–water partition coefficient (Wildman–Crippen LogP) is 3.98. The van der Waals surface area contributed by atoms with Crippen molar-refractivity contribution in [1.29, 1.82) is 0 Å². The Labute approximate surface area is 127 Å². The molecule has 2 N–H and O–H groups in total. The Morgan fingerprint density at radius 2 is 1.50 bits per heavy atom. The van der Waals surface area contributed by atoms with Gasteiger partial charge in [0, 0.05) is 12.0 Å². The zero-order valence-corrected chi connectivity index (χ0v) is 12.3. The maximum Gasteiger partial charge on any atom is 0.416 e. The van der Waals surface area contributed by atoms with E-state index in [-0.39, 0.29) is 11.3 Å². The molecule has 0 aromatic heterocycles. The summed E-state index contributed by atoms with van der Waals surface area (Å²) in [6, 6.07) is 2.51. The molecule has 3 nitrogen and oxygen atoms in total. The molecule has 0 bridgehead atoms. The lowest BCUT2D eigenvalue weighted by Gasteiger charge is -2.36. The van der Waals surface area contributed by atoms with Crippen LogP contribution in [0.2, 0.25) is 0 Å². The van der Waals surface area contributed by atoms with Gasteiger partial charge in [-0.2, -0.15) is 13.2 Å². The van der Waals surface area contributed by atoms with Crippen molar-refractivity contribution in [1.82, 2.24) is 0 Å². The normalized spacial score (nSPS) is 21.3. The van der Waals surface area contributed by atoms with Gasteiger partial charge in [0.2, 0.25) is 0 Å². The molecule has 6 heteroatoms.